The van der Waals surface area contributed by atoms with E-state index in [1.54, 1.807) is 11.8 Å². The van der Waals surface area contributed by atoms with Gasteiger partial charge in [-0.3, -0.25) is 4.79 Å². The average Bonchev–Trinajstić information content (AvgIpc) is 2.45. The fourth-order valence-electron chi connectivity index (χ4n) is 3.28. The van der Waals surface area contributed by atoms with Crippen LogP contribution in [0.1, 0.15) is 65.2 Å². The van der Waals surface area contributed by atoms with E-state index in [1.807, 2.05) is 0 Å². The summed E-state index contributed by atoms with van der Waals surface area (Å²) in [6.45, 7) is 5.03. The first-order valence-electron chi connectivity index (χ1n) is 8.19. The maximum absolute atomic E-state index is 12.5. The van der Waals surface area contributed by atoms with Gasteiger partial charge in [-0.1, -0.05) is 19.8 Å². The van der Waals surface area contributed by atoms with Crippen molar-refractivity contribution in [3.05, 3.63) is 0 Å². The Balaban J connectivity index is 2.61. The van der Waals surface area contributed by atoms with E-state index in [-0.39, 0.29) is 5.91 Å². The third-order valence-electron chi connectivity index (χ3n) is 4.69. The Bertz CT molecular complexity index is 353. The number of hydrogen-bond acceptors (Lipinski definition) is 3. The molecule has 1 aliphatic rings. The maximum Gasteiger partial charge on any atom is 0.329 e. The summed E-state index contributed by atoms with van der Waals surface area (Å²) in [5, 5.41) is 9.45. The lowest BCUT2D eigenvalue weighted by atomic mass is 9.87. The molecule has 0 aliphatic carbocycles. The van der Waals surface area contributed by atoms with Gasteiger partial charge in [-0.2, -0.15) is 0 Å². The normalized spacial score (nSPS) is 23.9. The van der Waals surface area contributed by atoms with Crippen LogP contribution in [0.4, 0.5) is 0 Å². The Morgan fingerprint density at radius 2 is 2.00 bits per heavy atom. The number of carboxylic acids is 1. The van der Waals surface area contributed by atoms with Gasteiger partial charge in [0.25, 0.3) is 0 Å². The van der Waals surface area contributed by atoms with E-state index in [0.717, 1.165) is 38.5 Å². The first-order chi connectivity index (χ1) is 9.95. The first-order valence-corrected chi connectivity index (χ1v) is 8.19. The van der Waals surface area contributed by atoms with E-state index in [2.05, 4.69) is 6.92 Å². The van der Waals surface area contributed by atoms with Crippen molar-refractivity contribution in [1.29, 1.82) is 0 Å². The zero-order chi connectivity index (χ0) is 15.9. The first kappa shape index (κ1) is 18.0. The highest BCUT2D eigenvalue weighted by atomic mass is 16.4. The number of piperidine rings is 1. The van der Waals surface area contributed by atoms with Crippen LogP contribution in [0.3, 0.4) is 0 Å². The molecule has 1 rings (SSSR count). The predicted octanol–water partition coefficient (Wildman–Crippen LogP) is 2.39. The molecule has 0 bridgehead atoms. The molecule has 1 saturated heterocycles. The van der Waals surface area contributed by atoms with Gasteiger partial charge >= 0.3 is 5.97 Å². The third-order valence-corrected chi connectivity index (χ3v) is 4.69. The summed E-state index contributed by atoms with van der Waals surface area (Å²) in [4.78, 5) is 25.6. The van der Waals surface area contributed by atoms with Crippen molar-refractivity contribution in [2.24, 2.45) is 11.7 Å². The molecule has 3 N–H and O–H groups in total. The van der Waals surface area contributed by atoms with Crippen LogP contribution in [0, 0.1) is 5.92 Å². The minimum absolute atomic E-state index is 0.0160. The van der Waals surface area contributed by atoms with Crippen LogP contribution in [-0.4, -0.2) is 40.5 Å². The Morgan fingerprint density at radius 3 is 2.57 bits per heavy atom. The lowest BCUT2D eigenvalue weighted by molar-refractivity contribution is -0.161. The second-order valence-corrected chi connectivity index (χ2v) is 6.35. The average molecular weight is 298 g/mol. The van der Waals surface area contributed by atoms with Crippen LogP contribution in [0.2, 0.25) is 0 Å². The lowest BCUT2D eigenvalue weighted by Gasteiger charge is -2.41. The number of rotatable bonds is 8. The number of likely N-dealkylation sites (tertiary alicyclic amines) is 1. The van der Waals surface area contributed by atoms with E-state index in [0.29, 0.717) is 31.8 Å². The molecule has 0 aromatic rings. The molecule has 0 radical (unpaired) electrons. The summed E-state index contributed by atoms with van der Waals surface area (Å²) in [7, 11) is 0. The van der Waals surface area contributed by atoms with Crippen LogP contribution in [0.25, 0.3) is 0 Å². The van der Waals surface area contributed by atoms with Crippen LogP contribution >= 0.6 is 0 Å². The van der Waals surface area contributed by atoms with Gasteiger partial charge in [0.1, 0.15) is 5.54 Å². The molecule has 0 aromatic heterocycles. The monoisotopic (exact) mass is 298 g/mol. The number of carbonyl (C=O) groups is 2. The van der Waals surface area contributed by atoms with E-state index in [9.17, 15) is 14.7 Å². The fourth-order valence-corrected chi connectivity index (χ4v) is 3.28. The van der Waals surface area contributed by atoms with Crippen molar-refractivity contribution in [2.75, 3.05) is 13.1 Å². The molecule has 2 atom stereocenters. The molecular weight excluding hydrogens is 268 g/mol. The Kier molecular flexibility index (Phi) is 7.15. The number of carboxylic acid groups (broad SMARTS) is 1. The number of nitrogens with zero attached hydrogens (tertiary/aromatic N) is 1. The summed E-state index contributed by atoms with van der Waals surface area (Å²) < 4.78 is 0. The fraction of sp³-hybridized carbons (Fsp3) is 0.875. The number of amides is 1. The van der Waals surface area contributed by atoms with Gasteiger partial charge in [-0.05, 0) is 51.5 Å². The summed E-state index contributed by atoms with van der Waals surface area (Å²) >= 11 is 0. The predicted molar refractivity (Wildman–Crippen MR) is 82.9 cm³/mol. The molecule has 122 valence electrons. The molecule has 1 fully saturated rings. The van der Waals surface area contributed by atoms with Gasteiger partial charge in [0.15, 0.2) is 0 Å². The molecule has 0 saturated carbocycles. The van der Waals surface area contributed by atoms with Crippen molar-refractivity contribution in [3.63, 3.8) is 0 Å². The highest BCUT2D eigenvalue weighted by Gasteiger charge is 2.43. The van der Waals surface area contributed by atoms with Gasteiger partial charge in [0.05, 0.1) is 0 Å². The number of aliphatic carboxylic acids is 1. The third kappa shape index (κ3) is 4.70. The summed E-state index contributed by atoms with van der Waals surface area (Å²) in [5.41, 5.74) is 4.59. The Labute approximate surface area is 127 Å². The molecule has 1 heterocycles. The summed E-state index contributed by atoms with van der Waals surface area (Å²) in [5.74, 6) is -0.426. The summed E-state index contributed by atoms with van der Waals surface area (Å²) in [6.07, 6.45) is 6.69. The number of carbonyl (C=O) groups excluding carboxylic acids is 1. The van der Waals surface area contributed by atoms with Gasteiger partial charge in [-0.25, -0.2) is 4.79 Å². The highest BCUT2D eigenvalue weighted by molar-refractivity contribution is 5.87. The van der Waals surface area contributed by atoms with E-state index in [4.69, 9.17) is 5.73 Å². The van der Waals surface area contributed by atoms with E-state index < -0.39 is 11.5 Å². The standard InChI is InChI=1S/C16H30N2O3/c1-3-6-13(9-11-17)7-8-14(19)18-12-5-4-10-16(18,2)15(20)21/h13H,3-12,17H2,1-2H3,(H,20,21). The zero-order valence-corrected chi connectivity index (χ0v) is 13.4. The van der Waals surface area contributed by atoms with Crippen LogP contribution < -0.4 is 5.73 Å². The molecule has 1 aliphatic heterocycles. The molecule has 0 aromatic carbocycles. The van der Waals surface area contributed by atoms with Crippen molar-refractivity contribution in [1.82, 2.24) is 4.90 Å². The van der Waals surface area contributed by atoms with Crippen molar-refractivity contribution < 1.29 is 14.7 Å². The molecule has 21 heavy (non-hydrogen) atoms. The molecule has 5 heteroatoms. The molecular formula is C16H30N2O3. The zero-order valence-electron chi connectivity index (χ0n) is 13.4. The maximum atomic E-state index is 12.5. The van der Waals surface area contributed by atoms with E-state index >= 15 is 0 Å². The van der Waals surface area contributed by atoms with Gasteiger partial charge in [-0.15, -0.1) is 0 Å². The van der Waals surface area contributed by atoms with Crippen molar-refractivity contribution in [2.45, 2.75) is 70.8 Å². The van der Waals surface area contributed by atoms with Gasteiger partial charge < -0.3 is 15.7 Å². The van der Waals surface area contributed by atoms with Crippen LogP contribution in [0.5, 0.6) is 0 Å². The summed E-state index contributed by atoms with van der Waals surface area (Å²) in [6, 6.07) is 0. The highest BCUT2D eigenvalue weighted by Crippen LogP contribution is 2.29. The number of hydrogen-bond donors (Lipinski definition) is 2. The SMILES string of the molecule is CCCC(CCN)CCC(=O)N1CCCCC1(C)C(=O)O. The Hall–Kier alpha value is -1.10. The minimum atomic E-state index is -1.02. The topological polar surface area (TPSA) is 83.6 Å². The second-order valence-electron chi connectivity index (χ2n) is 6.35. The molecule has 1 amide bonds. The molecule has 0 spiro atoms. The largest absolute Gasteiger partial charge is 0.480 e. The number of nitrogens with two attached hydrogens (primary N) is 1. The minimum Gasteiger partial charge on any atom is -0.480 e. The molecule has 5 nitrogen and oxygen atoms in total. The van der Waals surface area contributed by atoms with E-state index in [1.165, 1.54) is 0 Å². The Morgan fingerprint density at radius 1 is 1.29 bits per heavy atom. The van der Waals surface area contributed by atoms with Gasteiger partial charge in [0.2, 0.25) is 5.91 Å². The lowest BCUT2D eigenvalue weighted by Crippen LogP contribution is -2.57. The van der Waals surface area contributed by atoms with Crippen molar-refractivity contribution in [3.8, 4) is 0 Å². The smallest absolute Gasteiger partial charge is 0.329 e. The van der Waals surface area contributed by atoms with Gasteiger partial charge in [0, 0.05) is 13.0 Å². The molecule has 2 unspecified atom stereocenters. The van der Waals surface area contributed by atoms with Crippen molar-refractivity contribution >= 4 is 11.9 Å². The van der Waals surface area contributed by atoms with Crippen LogP contribution in [-0.2, 0) is 9.59 Å². The van der Waals surface area contributed by atoms with Crippen LogP contribution in [0.15, 0.2) is 0 Å². The quantitative estimate of drug-likeness (QED) is 0.720. The second kappa shape index (κ2) is 8.37.